The minimum absolute atomic E-state index is 0.819. The molecular formula is C9H15N3O2. The second-order valence-electron chi connectivity index (χ2n) is 2.69. The Labute approximate surface area is 83.2 Å². The summed E-state index contributed by atoms with van der Waals surface area (Å²) in [5.41, 5.74) is 1.12. The van der Waals surface area contributed by atoms with Gasteiger partial charge >= 0.3 is 0 Å². The molecule has 0 radical (unpaired) electrons. The van der Waals surface area contributed by atoms with Gasteiger partial charge < -0.3 is 10.4 Å². The van der Waals surface area contributed by atoms with Gasteiger partial charge in [0.25, 0.3) is 5.97 Å². The molecule has 0 aliphatic carbocycles. The molecular weight excluding hydrogens is 182 g/mol. The molecule has 14 heavy (non-hydrogen) atoms. The number of aryl methyl sites for hydroxylation is 1. The fraction of sp³-hybridized carbons (Fsp3) is 0.444. The molecule has 0 unspecified atom stereocenters. The van der Waals surface area contributed by atoms with Gasteiger partial charge in [-0.1, -0.05) is 0 Å². The molecule has 0 atom stereocenters. The third-order valence-electron chi connectivity index (χ3n) is 1.22. The molecule has 0 bridgehead atoms. The Hall–Kier alpha value is -1.49. The maximum absolute atomic E-state index is 9.00. The molecule has 0 aromatic carbocycles. The number of carbonyl (C=O) groups is 1. The number of hydrogen-bond acceptors (Lipinski definition) is 4. The first-order valence-electron chi connectivity index (χ1n) is 4.18. The highest BCUT2D eigenvalue weighted by Gasteiger charge is 1.89. The highest BCUT2D eigenvalue weighted by atomic mass is 16.4. The van der Waals surface area contributed by atoms with Crippen molar-refractivity contribution in [2.75, 3.05) is 7.05 Å². The van der Waals surface area contributed by atoms with Gasteiger partial charge in [0.05, 0.1) is 0 Å². The van der Waals surface area contributed by atoms with Crippen LogP contribution in [0.25, 0.3) is 0 Å². The lowest BCUT2D eigenvalue weighted by molar-refractivity contribution is -0.134. The minimum atomic E-state index is -0.833. The van der Waals surface area contributed by atoms with Crippen LogP contribution in [0.15, 0.2) is 12.4 Å². The van der Waals surface area contributed by atoms with Crippen LogP contribution >= 0.6 is 0 Å². The molecule has 1 aromatic rings. The van der Waals surface area contributed by atoms with E-state index in [1.807, 2.05) is 26.4 Å². The zero-order valence-corrected chi connectivity index (χ0v) is 8.61. The number of carboxylic acid groups (broad SMARTS) is 1. The molecule has 2 N–H and O–H groups in total. The van der Waals surface area contributed by atoms with E-state index >= 15 is 0 Å². The second kappa shape index (κ2) is 6.97. The normalized spacial score (nSPS) is 8.79. The number of rotatable bonds is 2. The Morgan fingerprint density at radius 1 is 1.50 bits per heavy atom. The summed E-state index contributed by atoms with van der Waals surface area (Å²) in [6.07, 6.45) is 3.66. The van der Waals surface area contributed by atoms with E-state index in [0.717, 1.165) is 24.9 Å². The van der Waals surface area contributed by atoms with Crippen LogP contribution in [0.4, 0.5) is 0 Å². The molecule has 1 aromatic heterocycles. The van der Waals surface area contributed by atoms with Gasteiger partial charge in [0.1, 0.15) is 5.82 Å². The van der Waals surface area contributed by atoms with Gasteiger partial charge in [0.2, 0.25) is 0 Å². The smallest absolute Gasteiger partial charge is 0.300 e. The summed E-state index contributed by atoms with van der Waals surface area (Å²) >= 11 is 0. The zero-order chi connectivity index (χ0) is 11.0. The van der Waals surface area contributed by atoms with Crippen LogP contribution in [0.1, 0.15) is 18.3 Å². The van der Waals surface area contributed by atoms with E-state index in [1.54, 1.807) is 0 Å². The van der Waals surface area contributed by atoms with Gasteiger partial charge in [-0.05, 0) is 14.0 Å². The highest BCUT2D eigenvalue weighted by molar-refractivity contribution is 5.62. The van der Waals surface area contributed by atoms with Crippen LogP contribution in [0, 0.1) is 6.92 Å². The molecule has 0 saturated heterocycles. The first-order valence-corrected chi connectivity index (χ1v) is 4.18. The van der Waals surface area contributed by atoms with Crippen molar-refractivity contribution in [1.82, 2.24) is 15.3 Å². The molecule has 1 rings (SSSR count). The van der Waals surface area contributed by atoms with Crippen LogP contribution in [0.3, 0.4) is 0 Å². The molecule has 0 saturated carbocycles. The van der Waals surface area contributed by atoms with Crippen LogP contribution in [-0.2, 0) is 11.3 Å². The first-order chi connectivity index (χ1) is 6.56. The lowest BCUT2D eigenvalue weighted by Gasteiger charge is -1.97. The average molecular weight is 197 g/mol. The largest absolute Gasteiger partial charge is 0.481 e. The molecule has 1 heterocycles. The molecule has 0 amide bonds. The predicted molar refractivity (Wildman–Crippen MR) is 52.8 cm³/mol. The molecule has 0 aliphatic heterocycles. The van der Waals surface area contributed by atoms with E-state index in [2.05, 4.69) is 15.3 Å². The van der Waals surface area contributed by atoms with E-state index in [-0.39, 0.29) is 0 Å². The summed E-state index contributed by atoms with van der Waals surface area (Å²) in [7, 11) is 1.90. The summed E-state index contributed by atoms with van der Waals surface area (Å²) < 4.78 is 0. The Morgan fingerprint density at radius 2 is 1.93 bits per heavy atom. The van der Waals surface area contributed by atoms with E-state index in [4.69, 9.17) is 9.90 Å². The number of aromatic nitrogens is 2. The monoisotopic (exact) mass is 197 g/mol. The van der Waals surface area contributed by atoms with Gasteiger partial charge in [-0.3, -0.25) is 4.79 Å². The van der Waals surface area contributed by atoms with Gasteiger partial charge in [-0.25, -0.2) is 9.97 Å². The molecule has 78 valence electrons. The van der Waals surface area contributed by atoms with Crippen LogP contribution in [0.5, 0.6) is 0 Å². The highest BCUT2D eigenvalue weighted by Crippen LogP contribution is 1.92. The lowest BCUT2D eigenvalue weighted by atomic mass is 10.3. The molecule has 0 fully saturated rings. The Morgan fingerprint density at radius 3 is 2.29 bits per heavy atom. The number of hydrogen-bond donors (Lipinski definition) is 2. The van der Waals surface area contributed by atoms with E-state index < -0.39 is 5.97 Å². The third kappa shape index (κ3) is 7.17. The predicted octanol–water partition coefficient (Wildman–Crippen LogP) is 0.595. The number of nitrogens with one attached hydrogen (secondary N) is 1. The van der Waals surface area contributed by atoms with Gasteiger partial charge in [-0.15, -0.1) is 0 Å². The van der Waals surface area contributed by atoms with Crippen LogP contribution < -0.4 is 5.32 Å². The zero-order valence-electron chi connectivity index (χ0n) is 8.61. The van der Waals surface area contributed by atoms with E-state index in [1.165, 1.54) is 0 Å². The fourth-order valence-corrected chi connectivity index (χ4v) is 0.715. The maximum atomic E-state index is 9.00. The van der Waals surface area contributed by atoms with Gasteiger partial charge in [-0.2, -0.15) is 0 Å². The van der Waals surface area contributed by atoms with Crippen molar-refractivity contribution >= 4 is 5.97 Å². The van der Waals surface area contributed by atoms with Gasteiger partial charge in [0, 0.05) is 31.4 Å². The lowest BCUT2D eigenvalue weighted by Crippen LogP contribution is -2.05. The van der Waals surface area contributed by atoms with Crippen molar-refractivity contribution in [3.05, 3.63) is 23.8 Å². The van der Waals surface area contributed by atoms with Crippen molar-refractivity contribution in [2.24, 2.45) is 0 Å². The summed E-state index contributed by atoms with van der Waals surface area (Å²) in [4.78, 5) is 17.1. The van der Waals surface area contributed by atoms with Crippen molar-refractivity contribution < 1.29 is 9.90 Å². The van der Waals surface area contributed by atoms with Crippen molar-refractivity contribution in [3.63, 3.8) is 0 Å². The van der Waals surface area contributed by atoms with Crippen molar-refractivity contribution in [2.45, 2.75) is 20.4 Å². The number of carboxylic acids is 1. The SMILES string of the molecule is CC(=O)O.CNCc1cnc(C)nc1. The van der Waals surface area contributed by atoms with Crippen molar-refractivity contribution in [1.29, 1.82) is 0 Å². The summed E-state index contributed by atoms with van der Waals surface area (Å²) in [5.74, 6) is -0.0140. The summed E-state index contributed by atoms with van der Waals surface area (Å²) in [6.45, 7) is 3.80. The van der Waals surface area contributed by atoms with E-state index in [0.29, 0.717) is 0 Å². The summed E-state index contributed by atoms with van der Waals surface area (Å²) in [6, 6.07) is 0. The maximum Gasteiger partial charge on any atom is 0.300 e. The van der Waals surface area contributed by atoms with Crippen LogP contribution in [-0.4, -0.2) is 28.1 Å². The topological polar surface area (TPSA) is 75.1 Å². The van der Waals surface area contributed by atoms with Gasteiger partial charge in [0.15, 0.2) is 0 Å². The minimum Gasteiger partial charge on any atom is -0.481 e. The number of nitrogens with zero attached hydrogens (tertiary/aromatic N) is 2. The Bertz CT molecular complexity index is 268. The van der Waals surface area contributed by atoms with Crippen molar-refractivity contribution in [3.8, 4) is 0 Å². The molecule has 5 nitrogen and oxygen atoms in total. The second-order valence-corrected chi connectivity index (χ2v) is 2.69. The third-order valence-corrected chi connectivity index (χ3v) is 1.22. The van der Waals surface area contributed by atoms with E-state index in [9.17, 15) is 0 Å². The quantitative estimate of drug-likeness (QED) is 0.726. The Kier molecular flexibility index (Phi) is 6.22. The average Bonchev–Trinajstić information content (AvgIpc) is 2.08. The molecule has 0 aliphatic rings. The molecule has 5 heteroatoms. The standard InChI is InChI=1S/C7H11N3.C2H4O2/c1-6-9-4-7(3-8-2)5-10-6;1-2(3)4/h4-5,8H,3H2,1-2H3;1H3,(H,3,4). The number of aliphatic carboxylic acids is 1. The summed E-state index contributed by atoms with van der Waals surface area (Å²) in [5, 5.41) is 10.4. The molecule has 0 spiro atoms. The fourth-order valence-electron chi connectivity index (χ4n) is 0.715. The van der Waals surface area contributed by atoms with Crippen LogP contribution in [0.2, 0.25) is 0 Å². The Balaban J connectivity index is 0.000000364. The first kappa shape index (κ1) is 12.5.